The van der Waals surface area contributed by atoms with E-state index in [1.54, 1.807) is 20.8 Å². The quantitative estimate of drug-likeness (QED) is 0.492. The summed E-state index contributed by atoms with van der Waals surface area (Å²) in [5.41, 5.74) is 0.695. The highest BCUT2D eigenvalue weighted by atomic mass is 19.4. The Morgan fingerprint density at radius 2 is 1.85 bits per heavy atom. The molecule has 8 nitrogen and oxygen atoms in total. The molecule has 2 fully saturated rings. The minimum absolute atomic E-state index is 0.0112. The van der Waals surface area contributed by atoms with Crippen LogP contribution in [0.5, 0.6) is 0 Å². The molecule has 1 unspecified atom stereocenters. The maximum Gasteiger partial charge on any atom is 0.471 e. The Hall–Kier alpha value is -3.55. The molecule has 11 heteroatoms. The number of nitrogens with zero attached hydrogens (tertiary/aromatic N) is 2. The number of alkyl halides is 3. The lowest BCUT2D eigenvalue weighted by Crippen LogP contribution is -2.61. The predicted molar refractivity (Wildman–Crippen MR) is 138 cm³/mol. The molecule has 5 atom stereocenters. The van der Waals surface area contributed by atoms with Crippen LogP contribution < -0.4 is 10.6 Å². The Morgan fingerprint density at radius 3 is 2.46 bits per heavy atom. The van der Waals surface area contributed by atoms with E-state index in [0.717, 1.165) is 16.5 Å². The van der Waals surface area contributed by atoms with Crippen molar-refractivity contribution in [1.29, 1.82) is 5.26 Å². The van der Waals surface area contributed by atoms with E-state index in [1.807, 2.05) is 49.6 Å². The fraction of sp³-hybridized carbons (Fsp3) is 0.571. The van der Waals surface area contributed by atoms with E-state index in [1.165, 1.54) is 4.90 Å². The minimum Gasteiger partial charge on any atom is -0.361 e. The number of aromatic amines is 1. The standard InChI is InChI=1S/C28H34F3N5O3/c1-26(2,3)22(35-25(39)28(29,30)31)24(38)36-14-18-20(27(18,4)5)21(36)23(37)34-16(12-32)11-10-15-13-33-19-9-7-6-8-17(15)19/h6-9,13,16,18,20-22,33H,10-11,14H2,1-5H3,(H,34,37)(H,35,39)/t16?,18-,20-,21-,22+/m0/s1. The zero-order chi connectivity index (χ0) is 28.9. The van der Waals surface area contributed by atoms with Crippen LogP contribution in [0.15, 0.2) is 30.5 Å². The number of para-hydroxylation sites is 1. The van der Waals surface area contributed by atoms with Crippen molar-refractivity contribution in [3.63, 3.8) is 0 Å². The number of hydrogen-bond donors (Lipinski definition) is 3. The fourth-order valence-corrected chi connectivity index (χ4v) is 5.91. The summed E-state index contributed by atoms with van der Waals surface area (Å²) in [4.78, 5) is 43.4. The van der Waals surface area contributed by atoms with Crippen LogP contribution in [0.2, 0.25) is 0 Å². The molecule has 1 aliphatic heterocycles. The number of halogens is 3. The van der Waals surface area contributed by atoms with Crippen LogP contribution in [0, 0.1) is 34.0 Å². The molecule has 1 saturated heterocycles. The van der Waals surface area contributed by atoms with Gasteiger partial charge in [-0.2, -0.15) is 18.4 Å². The topological polar surface area (TPSA) is 118 Å². The third-order valence-electron chi connectivity index (χ3n) is 8.26. The van der Waals surface area contributed by atoms with Crippen molar-refractivity contribution in [3.8, 4) is 6.07 Å². The highest BCUT2D eigenvalue weighted by Gasteiger charge is 2.70. The van der Waals surface area contributed by atoms with Crippen LogP contribution in [0.4, 0.5) is 13.2 Å². The number of hydrogen-bond acceptors (Lipinski definition) is 4. The van der Waals surface area contributed by atoms with Crippen molar-refractivity contribution in [2.24, 2.45) is 22.7 Å². The van der Waals surface area contributed by atoms with E-state index in [2.05, 4.69) is 16.4 Å². The summed E-state index contributed by atoms with van der Waals surface area (Å²) in [5.74, 6) is -3.67. The second kappa shape index (κ2) is 9.88. The first kappa shape index (κ1) is 28.5. The molecule has 0 bridgehead atoms. The molecule has 3 N–H and O–H groups in total. The molecule has 4 rings (SSSR count). The average molecular weight is 546 g/mol. The van der Waals surface area contributed by atoms with E-state index in [-0.39, 0.29) is 23.8 Å². The molecule has 1 aromatic heterocycles. The Kier molecular flexibility index (Phi) is 7.21. The minimum atomic E-state index is -5.15. The van der Waals surface area contributed by atoms with Gasteiger partial charge in [-0.1, -0.05) is 52.8 Å². The highest BCUT2D eigenvalue weighted by Crippen LogP contribution is 2.65. The van der Waals surface area contributed by atoms with Crippen molar-refractivity contribution in [1.82, 2.24) is 20.5 Å². The molecule has 0 spiro atoms. The normalized spacial score (nSPS) is 23.5. The van der Waals surface area contributed by atoms with Gasteiger partial charge in [0.15, 0.2) is 0 Å². The summed E-state index contributed by atoms with van der Waals surface area (Å²) in [6, 6.07) is 6.62. The van der Waals surface area contributed by atoms with Gasteiger partial charge in [-0.25, -0.2) is 0 Å². The summed E-state index contributed by atoms with van der Waals surface area (Å²) in [6.07, 6.45) is -2.41. The van der Waals surface area contributed by atoms with Crippen LogP contribution in [-0.2, 0) is 20.8 Å². The molecule has 2 aromatic rings. The first-order valence-electron chi connectivity index (χ1n) is 13.0. The average Bonchev–Trinajstić information content (AvgIpc) is 3.20. The first-order valence-corrected chi connectivity index (χ1v) is 13.0. The molecule has 1 saturated carbocycles. The maximum absolute atomic E-state index is 13.6. The molecule has 1 aliphatic carbocycles. The number of amides is 3. The summed E-state index contributed by atoms with van der Waals surface area (Å²) < 4.78 is 39.1. The third-order valence-corrected chi connectivity index (χ3v) is 8.26. The Balaban J connectivity index is 1.50. The van der Waals surface area contributed by atoms with Gasteiger partial charge in [-0.15, -0.1) is 0 Å². The van der Waals surface area contributed by atoms with Gasteiger partial charge in [0, 0.05) is 23.6 Å². The number of nitrogens with one attached hydrogen (secondary N) is 3. The summed E-state index contributed by atoms with van der Waals surface area (Å²) in [6.45, 7) is 8.82. The molecular weight excluding hydrogens is 511 g/mol. The van der Waals surface area contributed by atoms with Crippen LogP contribution in [0.25, 0.3) is 10.9 Å². The molecular formula is C28H34F3N5O3. The van der Waals surface area contributed by atoms with Crippen molar-refractivity contribution in [3.05, 3.63) is 36.0 Å². The number of piperidine rings is 1. The first-order chi connectivity index (χ1) is 18.1. The van der Waals surface area contributed by atoms with Gasteiger partial charge in [0.25, 0.3) is 0 Å². The summed E-state index contributed by atoms with van der Waals surface area (Å²) in [7, 11) is 0. The summed E-state index contributed by atoms with van der Waals surface area (Å²) >= 11 is 0. The molecule has 1 aromatic carbocycles. The number of aromatic nitrogens is 1. The smallest absolute Gasteiger partial charge is 0.361 e. The van der Waals surface area contributed by atoms with Crippen LogP contribution in [-0.4, -0.2) is 58.5 Å². The predicted octanol–water partition coefficient (Wildman–Crippen LogP) is 3.69. The van der Waals surface area contributed by atoms with E-state index in [4.69, 9.17) is 0 Å². The molecule has 3 amide bonds. The number of fused-ring (bicyclic) bond motifs is 2. The van der Waals surface area contributed by atoms with Gasteiger partial charge < -0.3 is 20.5 Å². The SMILES string of the molecule is CC(C)(C)[C@H](NC(=O)C(F)(F)F)C(=O)N1C[C@H]2[C@@H]([C@H]1C(=O)NC(C#N)CCc1c[nH]c3ccccc13)C2(C)C. The second-order valence-corrected chi connectivity index (χ2v) is 12.2. The summed E-state index contributed by atoms with van der Waals surface area (Å²) in [5, 5.41) is 15.4. The monoisotopic (exact) mass is 545 g/mol. The lowest BCUT2D eigenvalue weighted by atomic mass is 9.85. The number of rotatable bonds is 7. The number of nitriles is 1. The molecule has 2 aliphatic rings. The molecule has 2 heterocycles. The number of H-pyrrole nitrogens is 1. The zero-order valence-corrected chi connectivity index (χ0v) is 22.6. The van der Waals surface area contributed by atoms with Gasteiger partial charge in [0.1, 0.15) is 18.1 Å². The molecule has 0 radical (unpaired) electrons. The molecule has 210 valence electrons. The number of benzene rings is 1. The third kappa shape index (κ3) is 5.47. The van der Waals surface area contributed by atoms with Crippen molar-refractivity contribution < 1.29 is 27.6 Å². The van der Waals surface area contributed by atoms with Gasteiger partial charge in [0.2, 0.25) is 11.8 Å². The van der Waals surface area contributed by atoms with Gasteiger partial charge in [-0.05, 0) is 47.1 Å². The van der Waals surface area contributed by atoms with Crippen LogP contribution in [0.3, 0.4) is 0 Å². The maximum atomic E-state index is 13.6. The van der Waals surface area contributed by atoms with Crippen LogP contribution in [0.1, 0.15) is 46.6 Å². The van der Waals surface area contributed by atoms with Crippen molar-refractivity contribution in [2.75, 3.05) is 6.54 Å². The number of carbonyl (C=O) groups is 3. The highest BCUT2D eigenvalue weighted by molar-refractivity contribution is 5.95. The van der Waals surface area contributed by atoms with E-state index in [9.17, 15) is 32.8 Å². The largest absolute Gasteiger partial charge is 0.471 e. The van der Waals surface area contributed by atoms with Gasteiger partial charge in [-0.3, -0.25) is 14.4 Å². The number of likely N-dealkylation sites (tertiary alicyclic amines) is 1. The van der Waals surface area contributed by atoms with E-state index >= 15 is 0 Å². The van der Waals surface area contributed by atoms with Gasteiger partial charge >= 0.3 is 12.1 Å². The van der Waals surface area contributed by atoms with Crippen LogP contribution >= 0.6 is 0 Å². The lowest BCUT2D eigenvalue weighted by molar-refractivity contribution is -0.176. The van der Waals surface area contributed by atoms with E-state index < -0.39 is 47.4 Å². The Morgan fingerprint density at radius 1 is 1.18 bits per heavy atom. The number of aryl methyl sites for hydroxylation is 1. The van der Waals surface area contributed by atoms with Crippen molar-refractivity contribution in [2.45, 2.75) is 71.8 Å². The van der Waals surface area contributed by atoms with E-state index in [0.29, 0.717) is 12.8 Å². The second-order valence-electron chi connectivity index (χ2n) is 12.2. The molecule has 39 heavy (non-hydrogen) atoms. The van der Waals surface area contributed by atoms with Crippen molar-refractivity contribution >= 4 is 28.6 Å². The zero-order valence-electron chi connectivity index (χ0n) is 22.6. The Labute approximate surface area is 225 Å². The fourth-order valence-electron chi connectivity index (χ4n) is 5.91. The Bertz CT molecular complexity index is 1320. The number of carbonyl (C=O) groups excluding carboxylic acids is 3. The lowest BCUT2D eigenvalue weighted by Gasteiger charge is -2.37. The van der Waals surface area contributed by atoms with Gasteiger partial charge in [0.05, 0.1) is 6.07 Å².